The Labute approximate surface area is 154 Å². The molecular weight excluding hydrogens is 326 g/mol. The summed E-state index contributed by atoms with van der Waals surface area (Å²) in [6.45, 7) is 8.28. The van der Waals surface area contributed by atoms with Crippen LogP contribution in [0.25, 0.3) is 0 Å². The van der Waals surface area contributed by atoms with Gasteiger partial charge in [0, 0.05) is 39.6 Å². The van der Waals surface area contributed by atoms with E-state index in [9.17, 15) is 4.79 Å². The van der Waals surface area contributed by atoms with Gasteiger partial charge in [-0.25, -0.2) is 0 Å². The van der Waals surface area contributed by atoms with Gasteiger partial charge in [0.2, 0.25) is 0 Å². The molecule has 0 amide bonds. The molecule has 0 bridgehead atoms. The van der Waals surface area contributed by atoms with Gasteiger partial charge in [-0.15, -0.1) is 0 Å². The first-order valence-corrected chi connectivity index (χ1v) is 8.95. The molecule has 1 fully saturated rings. The third kappa shape index (κ3) is 5.17. The highest BCUT2D eigenvalue weighted by molar-refractivity contribution is 5.98. The number of nitrogens with zero attached hydrogens (tertiary/aromatic N) is 3. The monoisotopic (exact) mass is 351 g/mol. The first-order valence-electron chi connectivity index (χ1n) is 8.95. The number of hydrogen-bond donors (Lipinski definition) is 0. The molecule has 0 unspecified atom stereocenters. The van der Waals surface area contributed by atoms with E-state index in [1.54, 1.807) is 12.1 Å². The lowest BCUT2D eigenvalue weighted by molar-refractivity contribution is -0.131. The van der Waals surface area contributed by atoms with Crippen LogP contribution in [-0.4, -0.2) is 47.8 Å². The summed E-state index contributed by atoms with van der Waals surface area (Å²) >= 11 is 0. The zero-order valence-corrected chi connectivity index (χ0v) is 15.4. The van der Waals surface area contributed by atoms with E-state index in [1.165, 1.54) is 12.5 Å². The molecule has 3 rings (SSSR count). The number of esters is 1. The lowest BCUT2D eigenvalue weighted by atomic mass is 10.1. The fraction of sp³-hybridized carbons (Fsp3) is 0.333. The SMILES string of the molecule is CC(=O)Oc1ccc(C(C)=NN2CCN(Cc3ccccc3)CC2)cc1. The van der Waals surface area contributed by atoms with Crippen molar-refractivity contribution >= 4 is 11.7 Å². The van der Waals surface area contributed by atoms with Crippen LogP contribution in [0.15, 0.2) is 59.7 Å². The molecule has 0 aliphatic carbocycles. The predicted octanol–water partition coefficient (Wildman–Crippen LogP) is 3.15. The van der Waals surface area contributed by atoms with Crippen LogP contribution in [0.2, 0.25) is 0 Å². The smallest absolute Gasteiger partial charge is 0.308 e. The third-order valence-electron chi connectivity index (χ3n) is 4.42. The molecule has 5 heteroatoms. The second-order valence-corrected chi connectivity index (χ2v) is 6.52. The molecule has 26 heavy (non-hydrogen) atoms. The van der Waals surface area contributed by atoms with Gasteiger partial charge < -0.3 is 4.74 Å². The number of carbonyl (C=O) groups excluding carboxylic acids is 1. The van der Waals surface area contributed by atoms with E-state index in [0.29, 0.717) is 5.75 Å². The number of ether oxygens (including phenoxy) is 1. The van der Waals surface area contributed by atoms with Crippen molar-refractivity contribution < 1.29 is 9.53 Å². The van der Waals surface area contributed by atoms with Gasteiger partial charge in [-0.2, -0.15) is 5.10 Å². The number of benzene rings is 2. The molecule has 2 aromatic carbocycles. The molecule has 0 aromatic heterocycles. The largest absolute Gasteiger partial charge is 0.427 e. The summed E-state index contributed by atoms with van der Waals surface area (Å²) in [6, 6.07) is 18.0. The van der Waals surface area contributed by atoms with Gasteiger partial charge >= 0.3 is 5.97 Å². The van der Waals surface area contributed by atoms with Gasteiger partial charge in [0.1, 0.15) is 5.75 Å². The third-order valence-corrected chi connectivity index (χ3v) is 4.42. The Morgan fingerprint density at radius 3 is 2.23 bits per heavy atom. The molecule has 0 N–H and O–H groups in total. The molecule has 2 aromatic rings. The molecule has 1 saturated heterocycles. The van der Waals surface area contributed by atoms with E-state index in [1.807, 2.05) is 19.1 Å². The first kappa shape index (κ1) is 18.1. The summed E-state index contributed by atoms with van der Waals surface area (Å²) in [5.74, 6) is 0.250. The summed E-state index contributed by atoms with van der Waals surface area (Å²) in [5.41, 5.74) is 3.36. The molecule has 1 aliphatic rings. The van der Waals surface area contributed by atoms with Crippen LogP contribution in [0, 0.1) is 0 Å². The zero-order chi connectivity index (χ0) is 18.4. The minimum Gasteiger partial charge on any atom is -0.427 e. The number of hydrazone groups is 1. The van der Waals surface area contributed by atoms with E-state index >= 15 is 0 Å². The van der Waals surface area contributed by atoms with E-state index in [2.05, 4.69) is 40.2 Å². The maximum Gasteiger partial charge on any atom is 0.308 e. The van der Waals surface area contributed by atoms with E-state index in [0.717, 1.165) is 44.0 Å². The van der Waals surface area contributed by atoms with Crippen LogP contribution in [0.5, 0.6) is 5.75 Å². The van der Waals surface area contributed by atoms with Gasteiger partial charge in [0.05, 0.1) is 5.71 Å². The zero-order valence-electron chi connectivity index (χ0n) is 15.4. The summed E-state index contributed by atoms with van der Waals surface area (Å²) in [5, 5.41) is 6.89. The van der Waals surface area contributed by atoms with Crippen molar-refractivity contribution in [1.82, 2.24) is 9.91 Å². The summed E-state index contributed by atoms with van der Waals surface area (Å²) < 4.78 is 5.06. The predicted molar refractivity (Wildman–Crippen MR) is 103 cm³/mol. The second-order valence-electron chi connectivity index (χ2n) is 6.52. The average molecular weight is 351 g/mol. The molecule has 0 spiro atoms. The van der Waals surface area contributed by atoms with Crippen molar-refractivity contribution in [2.75, 3.05) is 26.2 Å². The van der Waals surface area contributed by atoms with Crippen molar-refractivity contribution in [3.05, 3.63) is 65.7 Å². The van der Waals surface area contributed by atoms with Crippen LogP contribution in [0.4, 0.5) is 0 Å². The Hall–Kier alpha value is -2.66. The molecule has 136 valence electrons. The Morgan fingerprint density at radius 2 is 1.62 bits per heavy atom. The fourth-order valence-electron chi connectivity index (χ4n) is 3.04. The van der Waals surface area contributed by atoms with Crippen molar-refractivity contribution in [1.29, 1.82) is 0 Å². The highest BCUT2D eigenvalue weighted by Crippen LogP contribution is 2.14. The van der Waals surface area contributed by atoms with Crippen molar-refractivity contribution in [2.45, 2.75) is 20.4 Å². The lowest BCUT2D eigenvalue weighted by Crippen LogP contribution is -2.43. The molecule has 5 nitrogen and oxygen atoms in total. The molecule has 0 radical (unpaired) electrons. The summed E-state index contributed by atoms with van der Waals surface area (Å²) in [4.78, 5) is 13.4. The lowest BCUT2D eigenvalue weighted by Gasteiger charge is -2.33. The Morgan fingerprint density at radius 1 is 0.962 bits per heavy atom. The van der Waals surface area contributed by atoms with Crippen LogP contribution >= 0.6 is 0 Å². The van der Waals surface area contributed by atoms with E-state index in [-0.39, 0.29) is 5.97 Å². The standard InChI is InChI=1S/C21H25N3O2/c1-17(20-8-10-21(11-9-20)26-18(2)25)22-24-14-12-23(13-15-24)16-19-6-4-3-5-7-19/h3-11H,12-16H2,1-2H3. The number of carbonyl (C=O) groups is 1. The topological polar surface area (TPSA) is 45.1 Å². The van der Waals surface area contributed by atoms with Crippen LogP contribution in [0.3, 0.4) is 0 Å². The van der Waals surface area contributed by atoms with Gasteiger partial charge in [-0.3, -0.25) is 14.7 Å². The summed E-state index contributed by atoms with van der Waals surface area (Å²) in [6.07, 6.45) is 0. The average Bonchev–Trinajstić information content (AvgIpc) is 2.64. The number of hydrogen-bond acceptors (Lipinski definition) is 5. The Kier molecular flexibility index (Phi) is 6.02. The maximum absolute atomic E-state index is 11.0. The van der Waals surface area contributed by atoms with Crippen molar-refractivity contribution in [3.63, 3.8) is 0 Å². The van der Waals surface area contributed by atoms with Crippen molar-refractivity contribution in [3.8, 4) is 5.75 Å². The highest BCUT2D eigenvalue weighted by Gasteiger charge is 2.16. The molecular formula is C21H25N3O2. The minimum absolute atomic E-state index is 0.309. The molecule has 1 heterocycles. The van der Waals surface area contributed by atoms with Crippen LogP contribution in [-0.2, 0) is 11.3 Å². The molecule has 0 saturated carbocycles. The molecule has 0 atom stereocenters. The van der Waals surface area contributed by atoms with Crippen molar-refractivity contribution in [2.24, 2.45) is 5.10 Å². The van der Waals surface area contributed by atoms with Crippen LogP contribution < -0.4 is 4.74 Å². The quantitative estimate of drug-likeness (QED) is 0.472. The Bertz CT molecular complexity index is 749. The number of piperazine rings is 1. The van der Waals surface area contributed by atoms with Gasteiger partial charge in [0.25, 0.3) is 0 Å². The number of rotatable bonds is 5. The van der Waals surface area contributed by atoms with Crippen LogP contribution in [0.1, 0.15) is 25.0 Å². The van der Waals surface area contributed by atoms with Gasteiger partial charge in [-0.05, 0) is 42.3 Å². The van der Waals surface area contributed by atoms with E-state index < -0.39 is 0 Å². The normalized spacial score (nSPS) is 15.8. The molecule has 1 aliphatic heterocycles. The minimum atomic E-state index is -0.309. The summed E-state index contributed by atoms with van der Waals surface area (Å²) in [7, 11) is 0. The van der Waals surface area contributed by atoms with Gasteiger partial charge in [0.15, 0.2) is 0 Å². The highest BCUT2D eigenvalue weighted by atomic mass is 16.5. The maximum atomic E-state index is 11.0. The Balaban J connectivity index is 1.53. The first-order chi connectivity index (χ1) is 12.6. The second kappa shape index (κ2) is 8.63. The van der Waals surface area contributed by atoms with Gasteiger partial charge in [-0.1, -0.05) is 30.3 Å². The fourth-order valence-corrected chi connectivity index (χ4v) is 3.04. The van der Waals surface area contributed by atoms with E-state index in [4.69, 9.17) is 9.84 Å².